The second-order valence-electron chi connectivity index (χ2n) is 9.35. The maximum absolute atomic E-state index is 13.8. The lowest BCUT2D eigenvalue weighted by molar-refractivity contribution is -0.130. The third-order valence-corrected chi connectivity index (χ3v) is 7.45. The number of nitrogens with zero attached hydrogens (tertiary/aromatic N) is 2. The largest absolute Gasteiger partial charge is 0.369 e. The number of rotatable bonds is 5. The minimum Gasteiger partial charge on any atom is -0.369 e. The highest BCUT2D eigenvalue weighted by molar-refractivity contribution is 5.87. The van der Waals surface area contributed by atoms with Crippen molar-refractivity contribution >= 4 is 27.8 Å². The van der Waals surface area contributed by atoms with Crippen LogP contribution < -0.4 is 11.4 Å². The van der Waals surface area contributed by atoms with E-state index in [0.717, 1.165) is 59.6 Å². The number of para-hydroxylation sites is 2. The maximum Gasteiger partial charge on any atom is 0.329 e. The lowest BCUT2D eigenvalue weighted by atomic mass is 9.73. The van der Waals surface area contributed by atoms with Crippen molar-refractivity contribution < 1.29 is 4.79 Å². The molecule has 2 aromatic carbocycles. The van der Waals surface area contributed by atoms with Gasteiger partial charge in [-0.3, -0.25) is 13.9 Å². The zero-order valence-corrected chi connectivity index (χ0v) is 18.7. The van der Waals surface area contributed by atoms with Crippen molar-refractivity contribution in [1.29, 1.82) is 0 Å². The van der Waals surface area contributed by atoms with E-state index in [0.29, 0.717) is 6.54 Å². The van der Waals surface area contributed by atoms with E-state index < -0.39 is 5.41 Å². The lowest BCUT2D eigenvalue weighted by Gasteiger charge is -2.34. The molecule has 1 aliphatic rings. The van der Waals surface area contributed by atoms with Gasteiger partial charge in [-0.15, -0.1) is 0 Å². The fourth-order valence-electron chi connectivity index (χ4n) is 5.64. The van der Waals surface area contributed by atoms with Crippen molar-refractivity contribution in [2.45, 2.75) is 58.5 Å². The van der Waals surface area contributed by atoms with Crippen molar-refractivity contribution in [3.8, 4) is 0 Å². The predicted molar refractivity (Wildman–Crippen MR) is 128 cm³/mol. The molecule has 6 nitrogen and oxygen atoms in total. The van der Waals surface area contributed by atoms with E-state index in [1.54, 1.807) is 4.57 Å². The number of nitrogens with one attached hydrogen (secondary N) is 1. The van der Waals surface area contributed by atoms with Gasteiger partial charge in [0.2, 0.25) is 5.91 Å². The summed E-state index contributed by atoms with van der Waals surface area (Å²) >= 11 is 0. The van der Waals surface area contributed by atoms with E-state index in [1.807, 2.05) is 41.1 Å². The second-order valence-corrected chi connectivity index (χ2v) is 9.35. The molecule has 2 aromatic heterocycles. The van der Waals surface area contributed by atoms with E-state index in [-0.39, 0.29) is 17.6 Å². The number of hydrogen-bond acceptors (Lipinski definition) is 2. The summed E-state index contributed by atoms with van der Waals surface area (Å²) in [5.41, 5.74) is 10.2. The van der Waals surface area contributed by atoms with Crippen LogP contribution in [0.15, 0.2) is 53.5 Å². The van der Waals surface area contributed by atoms with Crippen molar-refractivity contribution in [1.82, 2.24) is 14.1 Å². The first-order valence-corrected chi connectivity index (χ1v) is 11.5. The number of aromatic amines is 1. The minimum atomic E-state index is -0.655. The summed E-state index contributed by atoms with van der Waals surface area (Å²) in [6, 6.07) is 13.9. The number of carbonyl (C=O) groups is 1. The first-order chi connectivity index (χ1) is 15.4. The fraction of sp³-hybridized carbons (Fsp3) is 0.385. The number of carbonyl (C=O) groups excluding carboxylic acids is 1. The number of imidazole rings is 1. The molecule has 5 rings (SSSR count). The third-order valence-electron chi connectivity index (χ3n) is 7.45. The molecular formula is C26H30N4O2. The van der Waals surface area contributed by atoms with Gasteiger partial charge in [0.1, 0.15) is 0 Å². The van der Waals surface area contributed by atoms with Gasteiger partial charge in [-0.2, -0.15) is 0 Å². The summed E-state index contributed by atoms with van der Waals surface area (Å²) in [6.07, 6.45) is 6.55. The predicted octanol–water partition coefficient (Wildman–Crippen LogP) is 4.64. The van der Waals surface area contributed by atoms with Gasteiger partial charge < -0.3 is 10.7 Å². The Bertz CT molecular complexity index is 1370. The molecule has 1 unspecified atom stereocenters. The number of amides is 1. The number of primary amides is 1. The number of nitrogens with two attached hydrogens (primary N) is 1. The molecule has 3 N–H and O–H groups in total. The van der Waals surface area contributed by atoms with Gasteiger partial charge in [0.25, 0.3) is 0 Å². The van der Waals surface area contributed by atoms with Crippen molar-refractivity contribution in [3.05, 3.63) is 70.3 Å². The van der Waals surface area contributed by atoms with Crippen molar-refractivity contribution in [2.24, 2.45) is 11.1 Å². The van der Waals surface area contributed by atoms with Gasteiger partial charge in [-0.1, -0.05) is 43.5 Å². The monoisotopic (exact) mass is 430 g/mol. The molecule has 1 fully saturated rings. The Morgan fingerprint density at radius 2 is 1.81 bits per heavy atom. The molecule has 0 bridgehead atoms. The zero-order valence-electron chi connectivity index (χ0n) is 18.7. The Hall–Kier alpha value is -3.28. The normalized spacial score (nSPS) is 17.1. The summed E-state index contributed by atoms with van der Waals surface area (Å²) in [5, 5.41) is 1.16. The molecule has 0 spiro atoms. The lowest BCUT2D eigenvalue weighted by Crippen LogP contribution is -2.44. The molecule has 166 valence electrons. The van der Waals surface area contributed by atoms with Crippen LogP contribution in [0.1, 0.15) is 56.2 Å². The van der Waals surface area contributed by atoms with Crippen LogP contribution in [0.5, 0.6) is 0 Å². The molecule has 1 atom stereocenters. The second kappa shape index (κ2) is 7.69. The van der Waals surface area contributed by atoms with E-state index in [4.69, 9.17) is 5.73 Å². The molecule has 4 aromatic rings. The van der Waals surface area contributed by atoms with E-state index in [1.165, 1.54) is 5.56 Å². The van der Waals surface area contributed by atoms with Crippen LogP contribution >= 0.6 is 0 Å². The molecular weight excluding hydrogens is 400 g/mol. The van der Waals surface area contributed by atoms with Gasteiger partial charge in [0, 0.05) is 29.2 Å². The minimum absolute atomic E-state index is 0.0900. The molecule has 1 aliphatic carbocycles. The molecule has 6 heteroatoms. The third kappa shape index (κ3) is 3.08. The first-order valence-electron chi connectivity index (χ1n) is 11.5. The molecule has 0 radical (unpaired) electrons. The Balaban J connectivity index is 1.68. The highest BCUT2D eigenvalue weighted by atomic mass is 16.2. The summed E-state index contributed by atoms with van der Waals surface area (Å²) < 4.78 is 3.64. The SMILES string of the molecule is Cc1cccc2[nH]cc(C(C)n3c(=O)n(CC4(C(N)=O)CCCCC4)c4ccccc43)c12. The van der Waals surface area contributed by atoms with Gasteiger partial charge in [-0.05, 0) is 50.5 Å². The molecule has 0 aliphatic heterocycles. The molecule has 2 heterocycles. The number of fused-ring (bicyclic) bond motifs is 2. The van der Waals surface area contributed by atoms with Crippen LogP contribution in [-0.2, 0) is 11.3 Å². The average Bonchev–Trinajstić information content (AvgIpc) is 3.35. The molecule has 32 heavy (non-hydrogen) atoms. The summed E-state index contributed by atoms with van der Waals surface area (Å²) in [6.45, 7) is 4.50. The topological polar surface area (TPSA) is 85.8 Å². The maximum atomic E-state index is 13.8. The zero-order chi connectivity index (χ0) is 22.5. The number of hydrogen-bond donors (Lipinski definition) is 2. The van der Waals surface area contributed by atoms with Crippen LogP contribution in [0.2, 0.25) is 0 Å². The molecule has 1 saturated carbocycles. The van der Waals surface area contributed by atoms with Gasteiger partial charge in [0.15, 0.2) is 0 Å². The van der Waals surface area contributed by atoms with E-state index in [9.17, 15) is 9.59 Å². The Morgan fingerprint density at radius 3 is 2.53 bits per heavy atom. The van der Waals surface area contributed by atoms with Crippen LogP contribution in [0.3, 0.4) is 0 Å². The van der Waals surface area contributed by atoms with E-state index >= 15 is 0 Å². The Labute approximate surface area is 187 Å². The number of aryl methyl sites for hydroxylation is 1. The fourth-order valence-corrected chi connectivity index (χ4v) is 5.64. The summed E-state index contributed by atoms with van der Waals surface area (Å²) in [7, 11) is 0. The van der Waals surface area contributed by atoms with Crippen LogP contribution in [0.25, 0.3) is 21.9 Å². The van der Waals surface area contributed by atoms with Crippen LogP contribution in [0.4, 0.5) is 0 Å². The number of H-pyrrole nitrogens is 1. The standard InChI is InChI=1S/C26H30N4O2/c1-17-9-8-10-20-23(17)19(15-28-20)18(2)30-22-12-5-4-11-21(22)29(25(30)32)16-26(24(27)31)13-6-3-7-14-26/h4-5,8-12,15,18,28H,3,6-7,13-14,16H2,1-2H3,(H2,27,31). The summed E-state index contributed by atoms with van der Waals surface area (Å²) in [5.74, 6) is -0.291. The van der Waals surface area contributed by atoms with Gasteiger partial charge in [-0.25, -0.2) is 4.79 Å². The molecule has 0 saturated heterocycles. The van der Waals surface area contributed by atoms with Crippen molar-refractivity contribution in [3.63, 3.8) is 0 Å². The van der Waals surface area contributed by atoms with Gasteiger partial charge >= 0.3 is 5.69 Å². The average molecular weight is 431 g/mol. The smallest absolute Gasteiger partial charge is 0.329 e. The van der Waals surface area contributed by atoms with Crippen LogP contribution in [0, 0.1) is 12.3 Å². The first kappa shape index (κ1) is 20.6. The molecule has 1 amide bonds. The van der Waals surface area contributed by atoms with E-state index in [2.05, 4.69) is 31.0 Å². The van der Waals surface area contributed by atoms with Crippen LogP contribution in [-0.4, -0.2) is 20.0 Å². The quantitative estimate of drug-likeness (QED) is 0.483. The Morgan fingerprint density at radius 1 is 1.09 bits per heavy atom. The highest BCUT2D eigenvalue weighted by Gasteiger charge is 2.39. The van der Waals surface area contributed by atoms with Gasteiger partial charge in [0.05, 0.1) is 22.5 Å². The van der Waals surface area contributed by atoms with Crippen molar-refractivity contribution in [2.75, 3.05) is 0 Å². The summed E-state index contributed by atoms with van der Waals surface area (Å²) in [4.78, 5) is 29.7. The number of benzene rings is 2. The highest BCUT2D eigenvalue weighted by Crippen LogP contribution is 2.38. The Kier molecular flexibility index (Phi) is 4.96. The number of aromatic nitrogens is 3.